The zero-order valence-corrected chi connectivity index (χ0v) is 14.9. The van der Waals surface area contributed by atoms with Crippen LogP contribution in [0, 0.1) is 0 Å². The van der Waals surface area contributed by atoms with E-state index in [1.165, 1.54) is 6.07 Å². The number of nitrogens with zero attached hydrogens (tertiary/aromatic N) is 1. The fourth-order valence-corrected chi connectivity index (χ4v) is 4.54. The molecule has 0 aliphatic heterocycles. The summed E-state index contributed by atoms with van der Waals surface area (Å²) in [6.07, 6.45) is 9.19. The molecule has 0 bridgehead atoms. The molecule has 2 heterocycles. The van der Waals surface area contributed by atoms with E-state index in [9.17, 15) is 14.7 Å². The van der Waals surface area contributed by atoms with Crippen LogP contribution in [0.25, 0.3) is 11.3 Å². The van der Waals surface area contributed by atoms with Gasteiger partial charge in [-0.05, 0) is 50.2 Å². The number of aromatic carboxylic acids is 1. The maximum Gasteiger partial charge on any atom is 0.338 e. The third-order valence-electron chi connectivity index (χ3n) is 5.75. The summed E-state index contributed by atoms with van der Waals surface area (Å²) in [5.41, 5.74) is 4.19. The first-order chi connectivity index (χ1) is 12.6. The van der Waals surface area contributed by atoms with Crippen LogP contribution in [-0.4, -0.2) is 21.0 Å². The van der Waals surface area contributed by atoms with Crippen LogP contribution in [-0.2, 0) is 12.8 Å². The molecule has 26 heavy (non-hydrogen) atoms. The van der Waals surface area contributed by atoms with Gasteiger partial charge in [0, 0.05) is 28.9 Å². The van der Waals surface area contributed by atoms with Gasteiger partial charge in [0.1, 0.15) is 0 Å². The molecule has 2 N–H and O–H groups in total. The second-order valence-corrected chi connectivity index (χ2v) is 7.45. The maximum absolute atomic E-state index is 12.3. The van der Waals surface area contributed by atoms with Gasteiger partial charge in [-0.15, -0.1) is 0 Å². The lowest BCUT2D eigenvalue weighted by Gasteiger charge is -2.21. The highest BCUT2D eigenvalue weighted by Crippen LogP contribution is 2.40. The lowest BCUT2D eigenvalue weighted by atomic mass is 9.88. The van der Waals surface area contributed by atoms with Crippen molar-refractivity contribution in [3.63, 3.8) is 0 Å². The van der Waals surface area contributed by atoms with Crippen LogP contribution in [0.2, 0.25) is 0 Å². The molecule has 0 atom stereocenters. The summed E-state index contributed by atoms with van der Waals surface area (Å²) >= 11 is 0. The van der Waals surface area contributed by atoms with E-state index < -0.39 is 5.97 Å². The molecule has 5 heteroatoms. The van der Waals surface area contributed by atoms with E-state index in [-0.39, 0.29) is 11.5 Å². The van der Waals surface area contributed by atoms with Gasteiger partial charge in [-0.3, -0.25) is 9.78 Å². The first kappa shape index (κ1) is 17.0. The molecular weight excluding hydrogens is 328 g/mol. The van der Waals surface area contributed by atoms with E-state index in [4.69, 9.17) is 4.98 Å². The molecule has 0 spiro atoms. The van der Waals surface area contributed by atoms with Crippen molar-refractivity contribution in [1.82, 2.24) is 9.97 Å². The Balaban J connectivity index is 2.03. The largest absolute Gasteiger partial charge is 0.478 e. The van der Waals surface area contributed by atoms with Crippen LogP contribution in [0.3, 0.4) is 0 Å². The number of aromatic nitrogens is 2. The Morgan fingerprint density at radius 3 is 2.58 bits per heavy atom. The number of nitrogens with one attached hydrogen (secondary N) is 1. The molecule has 1 saturated carbocycles. The molecule has 0 aromatic carbocycles. The first-order valence-corrected chi connectivity index (χ1v) is 9.64. The number of H-pyrrole nitrogens is 1. The van der Waals surface area contributed by atoms with Crippen molar-refractivity contribution in [2.45, 2.75) is 63.7 Å². The fraction of sp³-hybridized carbons (Fsp3) is 0.476. The van der Waals surface area contributed by atoms with E-state index in [2.05, 4.69) is 4.98 Å². The Kier molecular flexibility index (Phi) is 4.62. The molecule has 0 radical (unpaired) electrons. The lowest BCUT2D eigenvalue weighted by molar-refractivity contribution is 0.0695. The summed E-state index contributed by atoms with van der Waals surface area (Å²) in [5, 5.41) is 10.1. The van der Waals surface area contributed by atoms with Gasteiger partial charge in [0.2, 0.25) is 5.56 Å². The Morgan fingerprint density at radius 2 is 1.85 bits per heavy atom. The van der Waals surface area contributed by atoms with E-state index in [0.29, 0.717) is 16.8 Å². The summed E-state index contributed by atoms with van der Waals surface area (Å²) in [5.74, 6) is -0.727. The molecule has 4 rings (SSSR count). The third-order valence-corrected chi connectivity index (χ3v) is 5.75. The van der Waals surface area contributed by atoms with Crippen molar-refractivity contribution in [2.75, 3.05) is 0 Å². The summed E-state index contributed by atoms with van der Waals surface area (Å²) in [7, 11) is 0. The third kappa shape index (κ3) is 3.06. The molecule has 2 aromatic rings. The zero-order chi connectivity index (χ0) is 18.1. The number of fused-ring (bicyclic) bond motifs is 1. The predicted octanol–water partition coefficient (Wildman–Crippen LogP) is 4.06. The van der Waals surface area contributed by atoms with Gasteiger partial charge in [0.25, 0.3) is 0 Å². The highest BCUT2D eigenvalue weighted by Gasteiger charge is 2.31. The van der Waals surface area contributed by atoms with Gasteiger partial charge in [0.15, 0.2) is 0 Å². The van der Waals surface area contributed by atoms with Crippen LogP contribution >= 0.6 is 0 Å². The van der Waals surface area contributed by atoms with E-state index in [0.717, 1.165) is 74.7 Å². The van der Waals surface area contributed by atoms with E-state index in [1.807, 2.05) is 6.07 Å². The normalized spacial score (nSPS) is 17.7. The van der Waals surface area contributed by atoms with Crippen molar-refractivity contribution in [1.29, 1.82) is 0 Å². The van der Waals surface area contributed by atoms with Crippen LogP contribution in [0.1, 0.15) is 78.2 Å². The lowest BCUT2D eigenvalue weighted by Crippen LogP contribution is -2.16. The second-order valence-electron chi connectivity index (χ2n) is 7.45. The molecule has 2 aliphatic carbocycles. The SMILES string of the molecule is O=C(O)c1c(C2CCCC2)nc2c(c1-c1cccc(=O)[nH]1)CCCCC2. The van der Waals surface area contributed by atoms with E-state index >= 15 is 0 Å². The van der Waals surface area contributed by atoms with Crippen LogP contribution in [0.4, 0.5) is 0 Å². The summed E-state index contributed by atoms with van der Waals surface area (Å²) in [4.78, 5) is 32.0. The number of carboxylic acid groups (broad SMARTS) is 1. The molecule has 5 nitrogen and oxygen atoms in total. The van der Waals surface area contributed by atoms with Crippen LogP contribution in [0.5, 0.6) is 0 Å². The number of aryl methyl sites for hydroxylation is 1. The Bertz CT molecular complexity index is 895. The second kappa shape index (κ2) is 7.06. The minimum atomic E-state index is -0.939. The minimum absolute atomic E-state index is 0.208. The molecule has 0 unspecified atom stereocenters. The molecular formula is C21H24N2O3. The molecule has 2 aliphatic rings. The predicted molar refractivity (Wildman–Crippen MR) is 99.7 cm³/mol. The standard InChI is InChI=1S/C21H24N2O3/c24-17-12-6-11-16(22-17)18-14-9-2-1-3-10-15(14)23-20(19(18)21(25)26)13-7-4-5-8-13/h6,11-13H,1-5,7-10H2,(H,22,24)(H,25,26). The molecule has 0 amide bonds. The molecule has 1 fully saturated rings. The minimum Gasteiger partial charge on any atom is -0.478 e. The highest BCUT2D eigenvalue weighted by atomic mass is 16.4. The van der Waals surface area contributed by atoms with Crippen LogP contribution in [0.15, 0.2) is 23.0 Å². The van der Waals surface area contributed by atoms with Crippen molar-refractivity contribution in [3.05, 3.63) is 51.1 Å². The number of aromatic amines is 1. The highest BCUT2D eigenvalue weighted by molar-refractivity contribution is 5.98. The van der Waals surface area contributed by atoms with Gasteiger partial charge in [-0.1, -0.05) is 25.3 Å². The van der Waals surface area contributed by atoms with Crippen molar-refractivity contribution in [3.8, 4) is 11.3 Å². The quantitative estimate of drug-likeness (QED) is 0.816. The fourth-order valence-electron chi connectivity index (χ4n) is 4.54. The monoisotopic (exact) mass is 352 g/mol. The molecule has 136 valence electrons. The van der Waals surface area contributed by atoms with Crippen molar-refractivity contribution >= 4 is 5.97 Å². The Labute approximate surface area is 152 Å². The van der Waals surface area contributed by atoms with Gasteiger partial charge >= 0.3 is 5.97 Å². The number of pyridine rings is 2. The summed E-state index contributed by atoms with van der Waals surface area (Å²) in [6, 6.07) is 4.97. The topological polar surface area (TPSA) is 83.0 Å². The Morgan fingerprint density at radius 1 is 1.08 bits per heavy atom. The van der Waals surface area contributed by atoms with Gasteiger partial charge in [-0.25, -0.2) is 4.79 Å². The van der Waals surface area contributed by atoms with E-state index in [1.54, 1.807) is 6.07 Å². The van der Waals surface area contributed by atoms with Crippen molar-refractivity contribution in [2.24, 2.45) is 0 Å². The molecule has 0 saturated heterocycles. The smallest absolute Gasteiger partial charge is 0.338 e. The van der Waals surface area contributed by atoms with Gasteiger partial charge < -0.3 is 10.1 Å². The van der Waals surface area contributed by atoms with Crippen LogP contribution < -0.4 is 5.56 Å². The maximum atomic E-state index is 12.3. The average molecular weight is 352 g/mol. The summed E-state index contributed by atoms with van der Waals surface area (Å²) in [6.45, 7) is 0. The average Bonchev–Trinajstić information content (AvgIpc) is 3.05. The number of hydrogen-bond donors (Lipinski definition) is 2. The van der Waals surface area contributed by atoms with Gasteiger partial charge in [0.05, 0.1) is 11.3 Å². The van der Waals surface area contributed by atoms with Crippen molar-refractivity contribution < 1.29 is 9.90 Å². The Hall–Kier alpha value is -2.43. The number of rotatable bonds is 3. The molecule has 2 aromatic heterocycles. The zero-order valence-electron chi connectivity index (χ0n) is 14.9. The summed E-state index contributed by atoms with van der Waals surface area (Å²) < 4.78 is 0. The number of carboxylic acids is 1. The van der Waals surface area contributed by atoms with Gasteiger partial charge in [-0.2, -0.15) is 0 Å². The number of carbonyl (C=O) groups is 1. The number of hydrogen-bond acceptors (Lipinski definition) is 3. The first-order valence-electron chi connectivity index (χ1n) is 9.64.